The minimum atomic E-state index is -0.857. The number of carboxylic acids is 1. The summed E-state index contributed by atoms with van der Waals surface area (Å²) in [7, 11) is 0. The summed E-state index contributed by atoms with van der Waals surface area (Å²) in [6.07, 6.45) is 9.87. The lowest BCUT2D eigenvalue weighted by atomic mass is 9.79. The van der Waals surface area contributed by atoms with Crippen LogP contribution in [0.4, 0.5) is 0 Å². The zero-order chi connectivity index (χ0) is 17.2. The first-order valence-electron chi connectivity index (χ1n) is 9.35. The molecule has 0 radical (unpaired) electrons. The van der Waals surface area contributed by atoms with Gasteiger partial charge in [-0.2, -0.15) is 0 Å². The second kappa shape index (κ2) is 10.7. The molecule has 0 heterocycles. The van der Waals surface area contributed by atoms with E-state index in [0.717, 1.165) is 31.6 Å². The van der Waals surface area contributed by atoms with Crippen molar-refractivity contribution in [3.63, 3.8) is 0 Å². The lowest BCUT2D eigenvalue weighted by Crippen LogP contribution is -2.35. The molecule has 23 heavy (non-hydrogen) atoms. The van der Waals surface area contributed by atoms with Gasteiger partial charge in [0, 0.05) is 0 Å². The van der Waals surface area contributed by atoms with Crippen LogP contribution in [0, 0.1) is 17.8 Å². The van der Waals surface area contributed by atoms with Gasteiger partial charge < -0.3 is 9.84 Å². The van der Waals surface area contributed by atoms with Crippen LogP contribution in [-0.4, -0.2) is 23.1 Å². The lowest BCUT2D eigenvalue weighted by Gasteiger charge is -2.28. The second-order valence-electron chi connectivity index (χ2n) is 7.47. The van der Waals surface area contributed by atoms with Crippen molar-refractivity contribution in [3.05, 3.63) is 0 Å². The molecule has 1 N–H and O–H groups in total. The van der Waals surface area contributed by atoms with Gasteiger partial charge in [0.25, 0.3) is 0 Å². The Morgan fingerprint density at radius 1 is 0.957 bits per heavy atom. The van der Waals surface area contributed by atoms with Crippen molar-refractivity contribution in [3.8, 4) is 0 Å². The van der Waals surface area contributed by atoms with Gasteiger partial charge in [0.05, 0.1) is 17.9 Å². The molecule has 0 aromatic heterocycles. The third kappa shape index (κ3) is 7.85. The molecule has 4 heteroatoms. The Hall–Kier alpha value is -1.06. The fraction of sp³-hybridized carbons (Fsp3) is 0.895. The number of carbonyl (C=O) groups is 2. The monoisotopic (exact) mass is 326 g/mol. The number of ether oxygens (including phenoxy) is 1. The van der Waals surface area contributed by atoms with Gasteiger partial charge in [-0.25, -0.2) is 0 Å². The number of hydrogen-bond donors (Lipinski definition) is 1. The number of esters is 1. The molecular formula is C19H34O4. The van der Waals surface area contributed by atoms with Gasteiger partial charge in [0.1, 0.15) is 0 Å². The molecule has 1 rings (SSSR count). The van der Waals surface area contributed by atoms with E-state index >= 15 is 0 Å². The first kappa shape index (κ1) is 20.0. The maximum Gasteiger partial charge on any atom is 0.310 e. The van der Waals surface area contributed by atoms with Gasteiger partial charge in [-0.15, -0.1) is 0 Å². The van der Waals surface area contributed by atoms with Gasteiger partial charge >= 0.3 is 11.9 Å². The maximum absolute atomic E-state index is 12.2. The standard InChI is InChI=1S/C19H34O4/c1-14(2)10-6-4-5-7-11-15(3)23-19(22)17-13-9-8-12-16(17)18(20)21/h14-17H,4-13H2,1-3H3,(H,20,21). The Bertz CT molecular complexity index is 364. The van der Waals surface area contributed by atoms with E-state index in [1.54, 1.807) is 0 Å². The number of carbonyl (C=O) groups excluding carboxylic acids is 1. The molecule has 0 aliphatic heterocycles. The average Bonchev–Trinajstić information content (AvgIpc) is 2.50. The molecule has 0 saturated heterocycles. The minimum absolute atomic E-state index is 0.107. The normalized spacial score (nSPS) is 22.8. The van der Waals surface area contributed by atoms with E-state index < -0.39 is 17.8 Å². The van der Waals surface area contributed by atoms with Crippen LogP contribution in [-0.2, 0) is 14.3 Å². The van der Waals surface area contributed by atoms with Crippen LogP contribution in [0.1, 0.15) is 85.0 Å². The quantitative estimate of drug-likeness (QED) is 0.462. The summed E-state index contributed by atoms with van der Waals surface area (Å²) in [5.41, 5.74) is 0. The van der Waals surface area contributed by atoms with Crippen LogP contribution >= 0.6 is 0 Å². The lowest BCUT2D eigenvalue weighted by molar-refractivity contribution is -0.163. The summed E-state index contributed by atoms with van der Waals surface area (Å²) in [5, 5.41) is 9.25. The molecule has 0 aromatic carbocycles. The van der Waals surface area contributed by atoms with Crippen LogP contribution in [0.15, 0.2) is 0 Å². The smallest absolute Gasteiger partial charge is 0.310 e. The first-order valence-corrected chi connectivity index (χ1v) is 9.35. The van der Waals surface area contributed by atoms with Gasteiger partial charge in [-0.1, -0.05) is 52.4 Å². The zero-order valence-electron chi connectivity index (χ0n) is 15.1. The van der Waals surface area contributed by atoms with E-state index in [2.05, 4.69) is 13.8 Å². The summed E-state index contributed by atoms with van der Waals surface area (Å²) < 4.78 is 5.51. The fourth-order valence-corrected chi connectivity index (χ4v) is 3.39. The van der Waals surface area contributed by atoms with E-state index in [9.17, 15) is 14.7 Å². The van der Waals surface area contributed by atoms with Crippen molar-refractivity contribution in [2.45, 2.75) is 91.1 Å². The second-order valence-corrected chi connectivity index (χ2v) is 7.47. The molecule has 3 atom stereocenters. The fourth-order valence-electron chi connectivity index (χ4n) is 3.39. The predicted molar refractivity (Wildman–Crippen MR) is 91.2 cm³/mol. The summed E-state index contributed by atoms with van der Waals surface area (Å²) >= 11 is 0. The highest BCUT2D eigenvalue weighted by atomic mass is 16.5. The molecular weight excluding hydrogens is 292 g/mol. The maximum atomic E-state index is 12.2. The molecule has 3 unspecified atom stereocenters. The van der Waals surface area contributed by atoms with E-state index in [1.165, 1.54) is 25.7 Å². The van der Waals surface area contributed by atoms with Gasteiger partial charge in [-0.3, -0.25) is 9.59 Å². The molecule has 0 bridgehead atoms. The Balaban J connectivity index is 2.23. The molecule has 0 spiro atoms. The number of unbranched alkanes of at least 4 members (excludes halogenated alkanes) is 3. The highest BCUT2D eigenvalue weighted by Crippen LogP contribution is 2.31. The third-order valence-electron chi connectivity index (χ3n) is 4.85. The highest BCUT2D eigenvalue weighted by molar-refractivity contribution is 5.81. The Kier molecular flexibility index (Phi) is 9.27. The van der Waals surface area contributed by atoms with E-state index in [4.69, 9.17) is 4.74 Å². The van der Waals surface area contributed by atoms with E-state index in [-0.39, 0.29) is 12.1 Å². The largest absolute Gasteiger partial charge is 0.481 e. The Labute approximate surface area is 141 Å². The van der Waals surface area contributed by atoms with Crippen molar-refractivity contribution in [2.75, 3.05) is 0 Å². The van der Waals surface area contributed by atoms with Gasteiger partial charge in [0.15, 0.2) is 0 Å². The zero-order valence-corrected chi connectivity index (χ0v) is 15.1. The molecule has 1 aliphatic carbocycles. The Morgan fingerprint density at radius 3 is 2.09 bits per heavy atom. The molecule has 1 fully saturated rings. The average molecular weight is 326 g/mol. The van der Waals surface area contributed by atoms with E-state index in [1.807, 2.05) is 6.92 Å². The number of rotatable bonds is 10. The number of carboxylic acid groups (broad SMARTS) is 1. The first-order chi connectivity index (χ1) is 10.9. The van der Waals surface area contributed by atoms with Crippen LogP contribution < -0.4 is 0 Å². The topological polar surface area (TPSA) is 63.6 Å². The van der Waals surface area contributed by atoms with Crippen molar-refractivity contribution in [2.24, 2.45) is 17.8 Å². The predicted octanol–water partition coefficient (Wildman–Crippen LogP) is 4.81. The molecule has 0 amide bonds. The molecule has 134 valence electrons. The van der Waals surface area contributed by atoms with Crippen molar-refractivity contribution < 1.29 is 19.4 Å². The number of hydrogen-bond acceptors (Lipinski definition) is 3. The Morgan fingerprint density at radius 2 is 1.52 bits per heavy atom. The van der Waals surface area contributed by atoms with Crippen LogP contribution in [0.25, 0.3) is 0 Å². The summed E-state index contributed by atoms with van der Waals surface area (Å²) in [4.78, 5) is 23.5. The summed E-state index contributed by atoms with van der Waals surface area (Å²) in [5.74, 6) is -1.39. The molecule has 1 aliphatic rings. The minimum Gasteiger partial charge on any atom is -0.481 e. The van der Waals surface area contributed by atoms with Crippen LogP contribution in [0.5, 0.6) is 0 Å². The summed E-state index contributed by atoms with van der Waals surface area (Å²) in [6, 6.07) is 0. The van der Waals surface area contributed by atoms with E-state index in [0.29, 0.717) is 12.8 Å². The van der Waals surface area contributed by atoms with Gasteiger partial charge in [0.2, 0.25) is 0 Å². The van der Waals surface area contributed by atoms with Crippen molar-refractivity contribution >= 4 is 11.9 Å². The number of aliphatic carboxylic acids is 1. The molecule has 1 saturated carbocycles. The molecule has 4 nitrogen and oxygen atoms in total. The van der Waals surface area contributed by atoms with Gasteiger partial charge in [-0.05, 0) is 38.5 Å². The highest BCUT2D eigenvalue weighted by Gasteiger charge is 2.37. The third-order valence-corrected chi connectivity index (χ3v) is 4.85. The van der Waals surface area contributed by atoms with Crippen molar-refractivity contribution in [1.29, 1.82) is 0 Å². The van der Waals surface area contributed by atoms with Crippen LogP contribution in [0.3, 0.4) is 0 Å². The van der Waals surface area contributed by atoms with Crippen LogP contribution in [0.2, 0.25) is 0 Å². The summed E-state index contributed by atoms with van der Waals surface area (Å²) in [6.45, 7) is 6.42. The molecule has 0 aromatic rings. The van der Waals surface area contributed by atoms with Crippen molar-refractivity contribution in [1.82, 2.24) is 0 Å². The SMILES string of the molecule is CC(C)CCCCCCC(C)OC(=O)C1CCCCC1C(=O)O.